The molecular weight excluding hydrogens is 540 g/mol. The van der Waals surface area contributed by atoms with Crippen molar-refractivity contribution in [1.29, 1.82) is 0 Å². The predicted molar refractivity (Wildman–Crippen MR) is 176 cm³/mol. The summed E-state index contributed by atoms with van der Waals surface area (Å²) in [5.74, 6) is 0. The molecule has 0 aliphatic heterocycles. The second-order valence-electron chi connectivity index (χ2n) is 11.6. The van der Waals surface area contributed by atoms with Crippen molar-refractivity contribution in [2.75, 3.05) is 0 Å². The molecule has 5 aromatic carbocycles. The molecule has 0 atom stereocenters. The monoisotopic (exact) mass is 570 g/mol. The highest BCUT2D eigenvalue weighted by molar-refractivity contribution is 6.24. The Labute approximate surface area is 254 Å². The van der Waals surface area contributed by atoms with Gasteiger partial charge in [0.1, 0.15) is 36.2 Å². The molecule has 0 amide bonds. The molecular formula is C38H30N6+2. The zero-order valence-corrected chi connectivity index (χ0v) is 24.5. The van der Waals surface area contributed by atoms with Gasteiger partial charge in [-0.25, -0.2) is 18.3 Å². The Hall–Kier alpha value is -5.88. The summed E-state index contributed by atoms with van der Waals surface area (Å²) >= 11 is 0. The summed E-state index contributed by atoms with van der Waals surface area (Å²) in [6, 6.07) is 39.7. The van der Waals surface area contributed by atoms with Crippen LogP contribution in [-0.2, 0) is 14.1 Å². The summed E-state index contributed by atoms with van der Waals surface area (Å²) < 4.78 is 13.4. The van der Waals surface area contributed by atoms with E-state index in [1.54, 1.807) is 0 Å². The molecule has 0 aliphatic carbocycles. The van der Waals surface area contributed by atoms with Gasteiger partial charge in [-0.1, -0.05) is 48.5 Å². The molecule has 6 heteroatoms. The molecule has 0 spiro atoms. The molecule has 0 aliphatic rings. The standard InChI is InChI=1S/C38H30N6/c1-39-19-21-41(25-39)29-13-17-35-33(23-29)31-15-16-32-34-24-30(42-22-20-40(2)26-42)14-18-36(34)44(28-11-7-4-8-12-28)38(32)37(31)43(35)27-9-5-3-6-10-27/h3-26H,1-2H3/q+2. The summed E-state index contributed by atoms with van der Waals surface area (Å²) in [6.07, 6.45) is 12.6. The van der Waals surface area contributed by atoms with Gasteiger partial charge in [0, 0.05) is 32.9 Å². The maximum Gasteiger partial charge on any atom is 0.248 e. The van der Waals surface area contributed by atoms with Crippen molar-refractivity contribution in [2.45, 2.75) is 0 Å². The third-order valence-corrected chi connectivity index (χ3v) is 8.78. The van der Waals surface area contributed by atoms with Gasteiger partial charge in [0.2, 0.25) is 12.7 Å². The van der Waals surface area contributed by atoms with Crippen LogP contribution in [0.15, 0.2) is 147 Å². The zero-order chi connectivity index (χ0) is 29.4. The van der Waals surface area contributed by atoms with Crippen molar-refractivity contribution in [2.24, 2.45) is 14.1 Å². The normalized spacial score (nSPS) is 11.9. The third-order valence-electron chi connectivity index (χ3n) is 8.78. The van der Waals surface area contributed by atoms with Crippen LogP contribution in [0.2, 0.25) is 0 Å². The highest BCUT2D eigenvalue weighted by atomic mass is 15.1. The van der Waals surface area contributed by atoms with Crippen molar-refractivity contribution >= 4 is 43.6 Å². The number of para-hydroxylation sites is 2. The Morgan fingerprint density at radius 2 is 0.864 bits per heavy atom. The van der Waals surface area contributed by atoms with Crippen LogP contribution in [0.4, 0.5) is 0 Å². The minimum Gasteiger partial charge on any atom is -0.307 e. The van der Waals surface area contributed by atoms with E-state index in [2.05, 4.69) is 188 Å². The van der Waals surface area contributed by atoms with Gasteiger partial charge >= 0.3 is 0 Å². The van der Waals surface area contributed by atoms with Crippen LogP contribution >= 0.6 is 0 Å². The lowest BCUT2D eigenvalue weighted by molar-refractivity contribution is -0.670. The first-order chi connectivity index (χ1) is 21.6. The van der Waals surface area contributed by atoms with Crippen LogP contribution in [0.5, 0.6) is 0 Å². The number of aryl methyl sites for hydroxylation is 2. The average molecular weight is 571 g/mol. The molecule has 4 heterocycles. The first-order valence-corrected chi connectivity index (χ1v) is 14.9. The zero-order valence-electron chi connectivity index (χ0n) is 24.5. The average Bonchev–Trinajstić information content (AvgIpc) is 3.84. The van der Waals surface area contributed by atoms with E-state index < -0.39 is 0 Å². The largest absolute Gasteiger partial charge is 0.307 e. The van der Waals surface area contributed by atoms with Crippen LogP contribution in [0.25, 0.3) is 66.4 Å². The molecule has 4 aromatic heterocycles. The van der Waals surface area contributed by atoms with Gasteiger partial charge in [-0.3, -0.25) is 0 Å². The highest BCUT2D eigenvalue weighted by Gasteiger charge is 2.23. The fraction of sp³-hybridized carbons (Fsp3) is 0.0526. The molecule has 44 heavy (non-hydrogen) atoms. The number of hydrogen-bond donors (Lipinski definition) is 0. The lowest BCUT2D eigenvalue weighted by atomic mass is 10.1. The fourth-order valence-corrected chi connectivity index (χ4v) is 6.79. The van der Waals surface area contributed by atoms with E-state index in [4.69, 9.17) is 0 Å². The Kier molecular flexibility index (Phi) is 5.23. The van der Waals surface area contributed by atoms with Gasteiger partial charge in [0.25, 0.3) is 0 Å². The number of rotatable bonds is 4. The lowest BCUT2D eigenvalue weighted by Crippen LogP contribution is -2.23. The van der Waals surface area contributed by atoms with E-state index in [0.29, 0.717) is 0 Å². The SMILES string of the molecule is C[n+]1ccn(-c2ccc3c(c2)c2ccc4c5cc(-n6cc[n+](C)c6)ccc5n(-c5ccccc5)c4c2n3-c2ccccc2)c1. The number of imidazole rings is 2. The molecule has 0 saturated heterocycles. The van der Waals surface area contributed by atoms with Crippen molar-refractivity contribution in [3.8, 4) is 22.7 Å². The van der Waals surface area contributed by atoms with Gasteiger partial charge in [-0.15, -0.1) is 0 Å². The second-order valence-corrected chi connectivity index (χ2v) is 11.6. The van der Waals surface area contributed by atoms with E-state index >= 15 is 0 Å². The number of aromatic nitrogens is 6. The Morgan fingerprint density at radius 1 is 0.432 bits per heavy atom. The van der Waals surface area contributed by atoms with Gasteiger partial charge in [0.05, 0.1) is 36.2 Å². The van der Waals surface area contributed by atoms with Crippen molar-refractivity contribution in [3.05, 3.63) is 147 Å². The molecule has 210 valence electrons. The Bertz CT molecular complexity index is 2330. The molecule has 0 saturated carbocycles. The molecule has 0 bridgehead atoms. The Morgan fingerprint density at radius 3 is 1.25 bits per heavy atom. The molecule has 0 N–H and O–H groups in total. The van der Waals surface area contributed by atoms with Crippen LogP contribution in [-0.4, -0.2) is 18.3 Å². The highest BCUT2D eigenvalue weighted by Crippen LogP contribution is 2.42. The topological polar surface area (TPSA) is 27.5 Å². The van der Waals surface area contributed by atoms with Crippen molar-refractivity contribution < 1.29 is 9.13 Å². The summed E-state index contributed by atoms with van der Waals surface area (Å²) in [7, 11) is 4.11. The van der Waals surface area contributed by atoms with Crippen LogP contribution < -0.4 is 9.13 Å². The van der Waals surface area contributed by atoms with Crippen LogP contribution in [0, 0.1) is 0 Å². The van der Waals surface area contributed by atoms with Gasteiger partial charge in [-0.2, -0.15) is 0 Å². The third kappa shape index (κ3) is 3.61. The minimum absolute atomic E-state index is 1.14. The van der Waals surface area contributed by atoms with Crippen LogP contribution in [0.3, 0.4) is 0 Å². The maximum atomic E-state index is 2.44. The van der Waals surface area contributed by atoms with E-state index in [-0.39, 0.29) is 0 Å². The van der Waals surface area contributed by atoms with E-state index in [1.807, 2.05) is 0 Å². The minimum atomic E-state index is 1.14. The second kappa shape index (κ2) is 9.31. The summed E-state index contributed by atoms with van der Waals surface area (Å²) in [5.41, 5.74) is 9.34. The van der Waals surface area contributed by atoms with Gasteiger partial charge < -0.3 is 9.13 Å². The molecule has 0 radical (unpaired) electrons. The first kappa shape index (κ1) is 24.7. The first-order valence-electron chi connectivity index (χ1n) is 14.9. The molecule has 9 rings (SSSR count). The lowest BCUT2D eigenvalue weighted by Gasteiger charge is -2.12. The molecule has 9 aromatic rings. The molecule has 0 fully saturated rings. The number of nitrogens with zero attached hydrogens (tertiary/aromatic N) is 6. The van der Waals surface area contributed by atoms with Gasteiger partial charge in [0.15, 0.2) is 0 Å². The van der Waals surface area contributed by atoms with E-state index in [0.717, 1.165) is 22.7 Å². The maximum absolute atomic E-state index is 2.44. The number of fused-ring (bicyclic) bond motifs is 7. The quantitative estimate of drug-likeness (QED) is 0.202. The van der Waals surface area contributed by atoms with E-state index in [1.165, 1.54) is 43.6 Å². The molecule has 0 unspecified atom stereocenters. The number of benzene rings is 5. The Balaban J connectivity index is 1.46. The summed E-state index contributed by atoms with van der Waals surface area (Å²) in [6.45, 7) is 0. The van der Waals surface area contributed by atoms with Crippen molar-refractivity contribution in [1.82, 2.24) is 18.3 Å². The van der Waals surface area contributed by atoms with Crippen molar-refractivity contribution in [3.63, 3.8) is 0 Å². The molecule has 6 nitrogen and oxygen atoms in total. The summed E-state index contributed by atoms with van der Waals surface area (Å²) in [5, 5.41) is 4.91. The van der Waals surface area contributed by atoms with Gasteiger partial charge in [-0.05, 0) is 60.7 Å². The fourth-order valence-electron chi connectivity index (χ4n) is 6.79. The smallest absolute Gasteiger partial charge is 0.248 e. The van der Waals surface area contributed by atoms with Crippen LogP contribution in [0.1, 0.15) is 0 Å². The number of hydrogen-bond acceptors (Lipinski definition) is 0. The van der Waals surface area contributed by atoms with E-state index in [9.17, 15) is 0 Å². The summed E-state index contributed by atoms with van der Waals surface area (Å²) in [4.78, 5) is 0. The predicted octanol–water partition coefficient (Wildman–Crippen LogP) is 7.11.